The van der Waals surface area contributed by atoms with Crippen LogP contribution >= 0.6 is 0 Å². The van der Waals surface area contributed by atoms with E-state index in [-0.39, 0.29) is 18.8 Å². The van der Waals surface area contributed by atoms with Gasteiger partial charge in [0.25, 0.3) is 0 Å². The Balaban J connectivity index is 2.69. The molecule has 0 amide bonds. The Morgan fingerprint density at radius 3 is 2.29 bits per heavy atom. The molecule has 0 unspecified atom stereocenters. The minimum atomic E-state index is -3.34. The highest BCUT2D eigenvalue weighted by molar-refractivity contribution is 7.92. The van der Waals surface area contributed by atoms with Crippen LogP contribution in [0.2, 0.25) is 0 Å². The Kier molecular flexibility index (Phi) is 4.96. The zero-order chi connectivity index (χ0) is 12.9. The van der Waals surface area contributed by atoms with Crippen LogP contribution in [0.1, 0.15) is 31.7 Å². The van der Waals surface area contributed by atoms with E-state index in [4.69, 9.17) is 5.11 Å². The number of rotatable bonds is 6. The van der Waals surface area contributed by atoms with Crippen molar-refractivity contribution in [3.63, 3.8) is 0 Å². The Morgan fingerprint density at radius 1 is 1.24 bits per heavy atom. The predicted octanol–water partition coefficient (Wildman–Crippen LogP) is 1.93. The highest BCUT2D eigenvalue weighted by atomic mass is 32.2. The molecule has 96 valence electrons. The van der Waals surface area contributed by atoms with Gasteiger partial charge in [0.1, 0.15) is 0 Å². The molecule has 0 fully saturated rings. The van der Waals surface area contributed by atoms with Crippen LogP contribution in [0.15, 0.2) is 24.3 Å². The van der Waals surface area contributed by atoms with Gasteiger partial charge in [-0.15, -0.1) is 0 Å². The lowest BCUT2D eigenvalue weighted by Gasteiger charge is -2.09. The highest BCUT2D eigenvalue weighted by Gasteiger charge is 2.09. The van der Waals surface area contributed by atoms with Gasteiger partial charge < -0.3 is 5.11 Å². The maximum Gasteiger partial charge on any atom is 0.232 e. The van der Waals surface area contributed by atoms with E-state index in [1.54, 1.807) is 12.1 Å². The van der Waals surface area contributed by atoms with Gasteiger partial charge in [-0.2, -0.15) is 0 Å². The maximum absolute atomic E-state index is 11.6. The molecule has 0 aromatic heterocycles. The lowest BCUT2D eigenvalue weighted by atomic mass is 10.0. The summed E-state index contributed by atoms with van der Waals surface area (Å²) in [4.78, 5) is 0. The Bertz CT molecular complexity index is 437. The molecule has 0 aliphatic heterocycles. The summed E-state index contributed by atoms with van der Waals surface area (Å²) in [5.74, 6) is 0.366. The van der Waals surface area contributed by atoms with Gasteiger partial charge in [0.2, 0.25) is 10.0 Å². The number of hydrogen-bond acceptors (Lipinski definition) is 3. The number of sulfonamides is 1. The minimum Gasteiger partial charge on any atom is -0.396 e. The van der Waals surface area contributed by atoms with E-state index in [9.17, 15) is 8.42 Å². The van der Waals surface area contributed by atoms with Crippen LogP contribution in [0.4, 0.5) is 5.69 Å². The summed E-state index contributed by atoms with van der Waals surface area (Å²) in [6.45, 7) is 4.05. The van der Waals surface area contributed by atoms with Gasteiger partial charge in [-0.05, 0) is 30.0 Å². The van der Waals surface area contributed by atoms with Crippen molar-refractivity contribution in [2.75, 3.05) is 17.1 Å². The molecular formula is C12H19NO3S. The minimum absolute atomic E-state index is 0.0601. The molecule has 5 heteroatoms. The van der Waals surface area contributed by atoms with Gasteiger partial charge in [-0.25, -0.2) is 8.42 Å². The molecule has 0 spiro atoms. The average Bonchev–Trinajstić information content (AvgIpc) is 2.26. The van der Waals surface area contributed by atoms with Crippen molar-refractivity contribution in [1.29, 1.82) is 0 Å². The molecule has 1 rings (SSSR count). The van der Waals surface area contributed by atoms with Crippen LogP contribution in [0.5, 0.6) is 0 Å². The van der Waals surface area contributed by atoms with Crippen molar-refractivity contribution >= 4 is 15.7 Å². The molecule has 0 atom stereocenters. The zero-order valence-electron chi connectivity index (χ0n) is 10.2. The van der Waals surface area contributed by atoms with Crippen molar-refractivity contribution in [2.24, 2.45) is 0 Å². The van der Waals surface area contributed by atoms with Crippen molar-refractivity contribution in [1.82, 2.24) is 0 Å². The summed E-state index contributed by atoms with van der Waals surface area (Å²) in [5, 5.41) is 8.60. The summed E-state index contributed by atoms with van der Waals surface area (Å²) in [6, 6.07) is 7.33. The summed E-state index contributed by atoms with van der Waals surface area (Å²) in [6.07, 6.45) is 0.249. The van der Waals surface area contributed by atoms with Crippen molar-refractivity contribution in [3.05, 3.63) is 29.8 Å². The first kappa shape index (κ1) is 14.0. The van der Waals surface area contributed by atoms with Crippen LogP contribution < -0.4 is 4.72 Å². The molecule has 2 N–H and O–H groups in total. The molecule has 0 radical (unpaired) electrons. The summed E-state index contributed by atoms with van der Waals surface area (Å²) in [5.41, 5.74) is 1.73. The fourth-order valence-corrected chi connectivity index (χ4v) is 2.53. The molecule has 0 saturated carbocycles. The first-order chi connectivity index (χ1) is 7.94. The second-order valence-corrected chi connectivity index (χ2v) is 6.12. The third-order valence-corrected chi connectivity index (χ3v) is 3.79. The molecular weight excluding hydrogens is 238 g/mol. The summed E-state index contributed by atoms with van der Waals surface area (Å²) >= 11 is 0. The van der Waals surface area contributed by atoms with Crippen LogP contribution in [0, 0.1) is 0 Å². The lowest BCUT2D eigenvalue weighted by Crippen LogP contribution is -2.17. The number of anilines is 1. The van der Waals surface area contributed by atoms with E-state index in [1.807, 2.05) is 12.1 Å². The topological polar surface area (TPSA) is 66.4 Å². The van der Waals surface area contributed by atoms with E-state index in [1.165, 1.54) is 5.56 Å². The van der Waals surface area contributed by atoms with E-state index < -0.39 is 10.0 Å². The van der Waals surface area contributed by atoms with Crippen LogP contribution in [0.25, 0.3) is 0 Å². The molecule has 0 aliphatic rings. The quantitative estimate of drug-likeness (QED) is 0.818. The highest BCUT2D eigenvalue weighted by Crippen LogP contribution is 2.17. The van der Waals surface area contributed by atoms with E-state index in [0.29, 0.717) is 11.6 Å². The SMILES string of the molecule is CC(C)c1ccc(NS(=O)(=O)CCCO)cc1. The molecule has 0 heterocycles. The Labute approximate surface area is 103 Å². The van der Waals surface area contributed by atoms with Gasteiger partial charge >= 0.3 is 0 Å². The van der Waals surface area contributed by atoms with E-state index >= 15 is 0 Å². The average molecular weight is 257 g/mol. The van der Waals surface area contributed by atoms with Crippen LogP contribution in [-0.4, -0.2) is 25.9 Å². The van der Waals surface area contributed by atoms with Gasteiger partial charge in [0.15, 0.2) is 0 Å². The Morgan fingerprint density at radius 2 is 1.82 bits per heavy atom. The number of nitrogens with one attached hydrogen (secondary N) is 1. The van der Waals surface area contributed by atoms with Crippen molar-refractivity contribution in [3.8, 4) is 0 Å². The molecule has 1 aromatic carbocycles. The fraction of sp³-hybridized carbons (Fsp3) is 0.500. The number of benzene rings is 1. The molecule has 1 aromatic rings. The van der Waals surface area contributed by atoms with Crippen LogP contribution in [-0.2, 0) is 10.0 Å². The largest absolute Gasteiger partial charge is 0.396 e. The number of aliphatic hydroxyl groups is 1. The third-order valence-electron chi connectivity index (χ3n) is 2.42. The molecule has 4 nitrogen and oxygen atoms in total. The lowest BCUT2D eigenvalue weighted by molar-refractivity contribution is 0.295. The van der Waals surface area contributed by atoms with Gasteiger partial charge in [-0.3, -0.25) is 4.72 Å². The molecule has 0 saturated heterocycles. The fourth-order valence-electron chi connectivity index (χ4n) is 1.42. The smallest absolute Gasteiger partial charge is 0.232 e. The summed E-state index contributed by atoms with van der Waals surface area (Å²) < 4.78 is 25.6. The Hall–Kier alpha value is -1.07. The van der Waals surface area contributed by atoms with Crippen molar-refractivity contribution in [2.45, 2.75) is 26.2 Å². The molecule has 0 bridgehead atoms. The van der Waals surface area contributed by atoms with Crippen LogP contribution in [0.3, 0.4) is 0 Å². The predicted molar refractivity (Wildman–Crippen MR) is 69.6 cm³/mol. The first-order valence-corrected chi connectivity index (χ1v) is 7.31. The van der Waals surface area contributed by atoms with E-state index in [2.05, 4.69) is 18.6 Å². The third kappa shape index (κ3) is 4.75. The monoisotopic (exact) mass is 257 g/mol. The summed E-state index contributed by atoms with van der Waals surface area (Å²) in [7, 11) is -3.34. The number of aliphatic hydroxyl groups excluding tert-OH is 1. The van der Waals surface area contributed by atoms with Crippen molar-refractivity contribution < 1.29 is 13.5 Å². The van der Waals surface area contributed by atoms with Gasteiger partial charge in [0, 0.05) is 12.3 Å². The van der Waals surface area contributed by atoms with E-state index in [0.717, 1.165) is 0 Å². The van der Waals surface area contributed by atoms with Gasteiger partial charge in [0.05, 0.1) is 5.75 Å². The normalized spacial score (nSPS) is 11.8. The maximum atomic E-state index is 11.6. The zero-order valence-corrected chi connectivity index (χ0v) is 11.0. The number of hydrogen-bond donors (Lipinski definition) is 2. The standard InChI is InChI=1S/C12H19NO3S/c1-10(2)11-4-6-12(7-5-11)13-17(15,16)9-3-8-14/h4-7,10,13-14H,3,8-9H2,1-2H3. The second-order valence-electron chi connectivity index (χ2n) is 4.27. The molecule has 17 heavy (non-hydrogen) atoms. The first-order valence-electron chi connectivity index (χ1n) is 5.66. The molecule has 0 aliphatic carbocycles. The second kappa shape index (κ2) is 6.02. The van der Waals surface area contributed by atoms with Gasteiger partial charge in [-0.1, -0.05) is 26.0 Å².